The maximum Gasteiger partial charge on any atom is 0.122 e. The second-order valence-corrected chi connectivity index (χ2v) is 2.73. The van der Waals surface area contributed by atoms with Gasteiger partial charge in [0.25, 0.3) is 0 Å². The van der Waals surface area contributed by atoms with Gasteiger partial charge in [0.15, 0.2) is 0 Å². The summed E-state index contributed by atoms with van der Waals surface area (Å²) in [5.41, 5.74) is 0.824. The first-order valence-corrected chi connectivity index (χ1v) is 4.41. The number of aliphatic hydroxyl groups is 1. The van der Waals surface area contributed by atoms with Crippen molar-refractivity contribution in [1.29, 1.82) is 0 Å². The smallest absolute Gasteiger partial charge is 0.122 e. The normalized spacial score (nSPS) is 11.3. The zero-order valence-corrected chi connectivity index (χ0v) is 9.39. The molecule has 0 radical (unpaired) electrons. The molecule has 2 rings (SSSR count). The number of hydrogen-bond acceptors (Lipinski definition) is 1. The topological polar surface area (TPSA) is 20.2 Å². The second kappa shape index (κ2) is 7.98. The van der Waals surface area contributed by atoms with Gasteiger partial charge in [-0.3, -0.25) is 0 Å². The van der Waals surface area contributed by atoms with E-state index in [1.165, 1.54) is 6.08 Å². The first-order chi connectivity index (χ1) is 6.84. The molecule has 0 saturated heterocycles. The molecule has 0 saturated carbocycles. The van der Waals surface area contributed by atoms with Crippen LogP contribution >= 0.6 is 0 Å². The Hall–Kier alpha value is -1.37. The van der Waals surface area contributed by atoms with Crippen LogP contribution in [-0.4, -0.2) is 5.11 Å². The van der Waals surface area contributed by atoms with Crippen molar-refractivity contribution in [2.75, 3.05) is 0 Å². The minimum absolute atomic E-state index is 0. The fraction of sp³-hybridized carbons (Fsp3) is 0. The summed E-state index contributed by atoms with van der Waals surface area (Å²) in [6, 6.07) is 10.0. The van der Waals surface area contributed by atoms with Crippen LogP contribution in [0.2, 0.25) is 0 Å². The first kappa shape index (κ1) is 13.6. The molecule has 15 heavy (non-hydrogen) atoms. The molecule has 0 atom stereocenters. The third-order valence-corrected chi connectivity index (χ3v) is 1.71. The van der Waals surface area contributed by atoms with Crippen molar-refractivity contribution in [1.82, 2.24) is 0 Å². The molecule has 0 aliphatic heterocycles. The minimum atomic E-state index is 0. The first-order valence-electron chi connectivity index (χ1n) is 4.41. The molecule has 0 heterocycles. The van der Waals surface area contributed by atoms with E-state index < -0.39 is 0 Å². The summed E-state index contributed by atoms with van der Waals surface area (Å²) < 4.78 is 0. The molecular weight excluding hydrogens is 228 g/mol. The van der Waals surface area contributed by atoms with E-state index in [9.17, 15) is 0 Å². The van der Waals surface area contributed by atoms with Crippen molar-refractivity contribution < 1.29 is 22.2 Å². The molecule has 0 amide bonds. The van der Waals surface area contributed by atoms with Gasteiger partial charge in [-0.25, -0.2) is 12.1 Å². The maximum absolute atomic E-state index is 9.02. The van der Waals surface area contributed by atoms with E-state index in [0.717, 1.165) is 5.57 Å². The van der Waals surface area contributed by atoms with Crippen LogP contribution in [0.5, 0.6) is 0 Å². The Balaban J connectivity index is 0.000000280. The molecule has 80 valence electrons. The van der Waals surface area contributed by atoms with E-state index in [0.29, 0.717) is 0 Å². The number of rotatable bonds is 1. The molecule has 0 aromatic heterocycles. The monoisotopic (exact) mass is 241 g/mol. The van der Waals surface area contributed by atoms with Crippen molar-refractivity contribution in [3.63, 3.8) is 0 Å². The Morgan fingerprint density at radius 3 is 2.07 bits per heavy atom. The van der Waals surface area contributed by atoms with Crippen LogP contribution in [0.1, 0.15) is 0 Å². The Morgan fingerprint density at radius 1 is 1.20 bits per heavy atom. The van der Waals surface area contributed by atoms with Gasteiger partial charge < -0.3 is 5.11 Å². The van der Waals surface area contributed by atoms with Crippen LogP contribution in [-0.2, 0) is 17.1 Å². The molecule has 0 unspecified atom stereocenters. The molecule has 1 aliphatic carbocycles. The van der Waals surface area contributed by atoms with Gasteiger partial charge in [-0.05, 0) is 6.08 Å². The van der Waals surface area contributed by atoms with Gasteiger partial charge in [0.05, 0.1) is 0 Å². The average Bonchev–Trinajstić information content (AvgIpc) is 2.91. The molecule has 2 heteroatoms. The van der Waals surface area contributed by atoms with E-state index in [2.05, 4.69) is 6.58 Å². The predicted octanol–water partition coefficient (Wildman–Crippen LogP) is 3.51. The van der Waals surface area contributed by atoms with Crippen LogP contribution in [0.4, 0.5) is 0 Å². The largest absolute Gasteiger partial charge is 0.507 e. The summed E-state index contributed by atoms with van der Waals surface area (Å²) in [4.78, 5) is 0. The van der Waals surface area contributed by atoms with Crippen molar-refractivity contribution in [2.24, 2.45) is 0 Å². The summed E-state index contributed by atoms with van der Waals surface area (Å²) >= 11 is 0. The van der Waals surface area contributed by atoms with E-state index in [1.54, 1.807) is 0 Å². The van der Waals surface area contributed by atoms with Crippen LogP contribution in [0.3, 0.4) is 0 Å². The van der Waals surface area contributed by atoms with Crippen LogP contribution in [0.25, 0.3) is 0 Å². The Bertz CT molecular complexity index is 325. The Labute approximate surface area is 101 Å². The van der Waals surface area contributed by atoms with Crippen molar-refractivity contribution in [3.8, 4) is 0 Å². The minimum Gasteiger partial charge on any atom is -0.507 e. The summed E-state index contributed by atoms with van der Waals surface area (Å²) in [5.74, 6) is 0.236. The van der Waals surface area contributed by atoms with Gasteiger partial charge in [-0.1, -0.05) is 30.9 Å². The van der Waals surface area contributed by atoms with E-state index >= 15 is 0 Å². The fourth-order valence-corrected chi connectivity index (χ4v) is 0.983. The molecule has 1 aliphatic rings. The standard InChI is InChI=1S/C8H8O.C5H5.Fe/c1-2-8(9)7-5-3-4-6-7;1-2-4-5-3-1;/h2-6,9H,1H2;1-5H;/q;-1;. The second-order valence-electron chi connectivity index (χ2n) is 2.73. The molecule has 1 aromatic rings. The average molecular weight is 241 g/mol. The van der Waals surface area contributed by atoms with Gasteiger partial charge in [0.1, 0.15) is 5.76 Å². The summed E-state index contributed by atoms with van der Waals surface area (Å²) in [7, 11) is 0. The van der Waals surface area contributed by atoms with E-state index in [4.69, 9.17) is 5.11 Å². The third-order valence-electron chi connectivity index (χ3n) is 1.71. The van der Waals surface area contributed by atoms with Crippen LogP contribution in [0.15, 0.2) is 78.6 Å². The van der Waals surface area contributed by atoms with Gasteiger partial charge in [0.2, 0.25) is 0 Å². The zero-order valence-electron chi connectivity index (χ0n) is 8.28. The molecule has 1 nitrogen and oxygen atoms in total. The van der Waals surface area contributed by atoms with Gasteiger partial charge in [-0.15, -0.1) is 0 Å². The van der Waals surface area contributed by atoms with Crippen LogP contribution < -0.4 is 0 Å². The Kier molecular flexibility index (Phi) is 7.25. The SMILES string of the molecule is C=CC(O)=C1C=CC=C1.[Fe].c1cc[cH-]c1. The molecule has 1 N–H and O–H groups in total. The maximum atomic E-state index is 9.02. The zero-order chi connectivity index (χ0) is 10.2. The van der Waals surface area contributed by atoms with Gasteiger partial charge >= 0.3 is 0 Å². The Morgan fingerprint density at radius 2 is 1.73 bits per heavy atom. The predicted molar refractivity (Wildman–Crippen MR) is 60.2 cm³/mol. The van der Waals surface area contributed by atoms with Crippen LogP contribution in [0, 0.1) is 0 Å². The quantitative estimate of drug-likeness (QED) is 0.453. The summed E-state index contributed by atoms with van der Waals surface area (Å²) in [6.45, 7) is 3.43. The van der Waals surface area contributed by atoms with Gasteiger partial charge in [-0.2, -0.15) is 18.2 Å². The number of allylic oxidation sites excluding steroid dienone is 6. The molecule has 0 bridgehead atoms. The summed E-state index contributed by atoms with van der Waals surface area (Å²) in [5, 5.41) is 9.02. The van der Waals surface area contributed by atoms with E-state index in [-0.39, 0.29) is 22.8 Å². The summed E-state index contributed by atoms with van der Waals surface area (Å²) in [6.07, 6.45) is 8.83. The molecule has 0 fully saturated rings. The van der Waals surface area contributed by atoms with Crippen molar-refractivity contribution >= 4 is 0 Å². The van der Waals surface area contributed by atoms with E-state index in [1.807, 2.05) is 54.6 Å². The number of aliphatic hydroxyl groups excluding tert-OH is 1. The molecular formula is C13H13FeO-. The van der Waals surface area contributed by atoms with Crippen molar-refractivity contribution in [3.05, 3.63) is 78.6 Å². The molecule has 0 spiro atoms. The fourth-order valence-electron chi connectivity index (χ4n) is 0.983. The third kappa shape index (κ3) is 5.16. The van der Waals surface area contributed by atoms with Gasteiger partial charge in [0, 0.05) is 22.6 Å². The molecule has 1 aromatic carbocycles. The van der Waals surface area contributed by atoms with Crippen molar-refractivity contribution in [2.45, 2.75) is 0 Å². The number of hydrogen-bond donors (Lipinski definition) is 1.